The Bertz CT molecular complexity index is 27.0. The first-order valence-electron chi connectivity index (χ1n) is 0.810. The van der Waals surface area contributed by atoms with E-state index in [9.17, 15) is 0 Å². The molecule has 0 spiro atoms. The van der Waals surface area contributed by atoms with Crippen molar-refractivity contribution in [1.29, 1.82) is 0 Å². The van der Waals surface area contributed by atoms with Gasteiger partial charge in [0.1, 0.15) is 0 Å². The fourth-order valence-corrected chi connectivity index (χ4v) is 0. The zero-order valence-electron chi connectivity index (χ0n) is 2.14. The maximum absolute atomic E-state index is 4.48. The molecule has 0 aliphatic rings. The second kappa shape index (κ2) is 3.88. The quantitative estimate of drug-likeness (QED) is 0.453. The minimum atomic E-state index is 0.00309. The molecule has 0 aliphatic heterocycles. The van der Waals surface area contributed by atoms with Crippen molar-refractivity contribution in [1.82, 2.24) is 0 Å². The third-order valence-electron chi connectivity index (χ3n) is 0.0745. The van der Waals surface area contributed by atoms with Gasteiger partial charge in [-0.15, -0.1) is 0 Å². The summed E-state index contributed by atoms with van der Waals surface area (Å²) in [7, 11) is 1.58. The van der Waals surface area contributed by atoms with E-state index in [1.807, 2.05) is 0 Å². The van der Waals surface area contributed by atoms with Crippen LogP contribution in [0.4, 0.5) is 0 Å². The molecular formula is H5NP2S. The lowest BCUT2D eigenvalue weighted by atomic mass is 13.9. The molecule has 0 aromatic rings. The van der Waals surface area contributed by atoms with Crippen LogP contribution < -0.4 is 0 Å². The van der Waals surface area contributed by atoms with Crippen molar-refractivity contribution >= 4 is 28.3 Å². The summed E-state index contributed by atoms with van der Waals surface area (Å²) in [6.45, 7) is 0. The molecule has 4 heavy (non-hydrogen) atoms. The summed E-state index contributed by atoms with van der Waals surface area (Å²) < 4.78 is 3.66. The van der Waals surface area contributed by atoms with E-state index in [-0.39, 0.29) is 7.51 Å². The maximum atomic E-state index is 4.48. The molecule has 0 amide bonds. The van der Waals surface area contributed by atoms with Crippen molar-refractivity contribution in [2.75, 3.05) is 0 Å². The lowest BCUT2D eigenvalue weighted by Gasteiger charge is -1.49. The predicted molar refractivity (Wildman–Crippen MR) is 30.6 cm³/mol. The van der Waals surface area contributed by atoms with Crippen LogP contribution in [0.1, 0.15) is 0 Å². The molecular weight excluding hydrogens is 108 g/mol. The molecule has 0 aromatic heterocycles. The Morgan fingerprint density at radius 3 is 2.25 bits per heavy atom. The van der Waals surface area contributed by atoms with E-state index in [0.29, 0.717) is 0 Å². The van der Waals surface area contributed by atoms with Crippen molar-refractivity contribution in [3.8, 4) is 0 Å². The van der Waals surface area contributed by atoms with Crippen LogP contribution in [0.15, 0.2) is 4.52 Å². The molecule has 0 saturated heterocycles. The molecule has 0 saturated carbocycles. The van der Waals surface area contributed by atoms with Gasteiger partial charge in [-0.3, -0.25) is 4.52 Å². The normalized spacial score (nSPS) is 10.0. The summed E-state index contributed by atoms with van der Waals surface area (Å²) in [6.07, 6.45) is 0. The highest BCUT2D eigenvalue weighted by atomic mass is 32.4. The van der Waals surface area contributed by atoms with Crippen LogP contribution in [-0.4, -0.2) is 0 Å². The van der Waals surface area contributed by atoms with E-state index in [1.165, 1.54) is 0 Å². The molecule has 0 N–H and O–H groups in total. The summed E-state index contributed by atoms with van der Waals surface area (Å²) >= 11 is 4.48. The number of hydrogen-bond donors (Lipinski definition) is 0. The van der Waals surface area contributed by atoms with Gasteiger partial charge in [-0.1, -0.05) is 20.8 Å². The second-order valence-corrected chi connectivity index (χ2v) is 2.59. The molecule has 0 radical (unpaired) electrons. The van der Waals surface area contributed by atoms with Gasteiger partial charge in [-0.25, -0.2) is 0 Å². The fraction of sp³-hybridized carbons (Fsp3) is 0. The van der Waals surface area contributed by atoms with Crippen LogP contribution in [-0.2, 0) is 11.8 Å². The SMILES string of the molecule is [PH3]=N[PH2]=S. The Morgan fingerprint density at radius 2 is 2.25 bits per heavy atom. The lowest BCUT2D eigenvalue weighted by molar-refractivity contribution is 2.11. The van der Waals surface area contributed by atoms with Gasteiger partial charge < -0.3 is 0 Å². The number of rotatable bonds is 1. The summed E-state index contributed by atoms with van der Waals surface area (Å²) in [6, 6.07) is 0. The van der Waals surface area contributed by atoms with Crippen molar-refractivity contribution in [2.24, 2.45) is 4.52 Å². The van der Waals surface area contributed by atoms with Gasteiger partial charge >= 0.3 is 0 Å². The Hall–Kier alpha value is 0.880. The highest BCUT2D eigenvalue weighted by Crippen LogP contribution is 1.92. The van der Waals surface area contributed by atoms with E-state index >= 15 is 0 Å². The van der Waals surface area contributed by atoms with E-state index in [4.69, 9.17) is 0 Å². The van der Waals surface area contributed by atoms with Gasteiger partial charge in [0.05, 0.1) is 0 Å². The van der Waals surface area contributed by atoms with Crippen LogP contribution in [0, 0.1) is 0 Å². The van der Waals surface area contributed by atoms with Crippen molar-refractivity contribution in [3.63, 3.8) is 0 Å². The van der Waals surface area contributed by atoms with E-state index in [2.05, 4.69) is 16.3 Å². The molecule has 0 bridgehead atoms. The maximum Gasteiger partial charge on any atom is 0.0319 e. The molecule has 0 rings (SSSR count). The summed E-state index contributed by atoms with van der Waals surface area (Å²) in [5.41, 5.74) is 0. The zero-order chi connectivity index (χ0) is 3.41. The van der Waals surface area contributed by atoms with Crippen LogP contribution >= 0.6 is 16.5 Å². The molecule has 4 heteroatoms. The first-order chi connectivity index (χ1) is 1.91. The van der Waals surface area contributed by atoms with Gasteiger partial charge in [-0.2, -0.15) is 0 Å². The molecule has 2 atom stereocenters. The van der Waals surface area contributed by atoms with Crippen LogP contribution in [0.5, 0.6) is 0 Å². The average Bonchev–Trinajstić information content (AvgIpc) is 1.37. The van der Waals surface area contributed by atoms with Gasteiger partial charge in [0.25, 0.3) is 0 Å². The van der Waals surface area contributed by atoms with Crippen molar-refractivity contribution < 1.29 is 0 Å². The minimum Gasteiger partial charge on any atom is -0.286 e. The molecule has 0 fully saturated rings. The first-order valence-corrected chi connectivity index (χ1v) is 3.84. The molecule has 2 unspecified atom stereocenters. The van der Waals surface area contributed by atoms with Crippen molar-refractivity contribution in [3.05, 3.63) is 0 Å². The monoisotopic (exact) mass is 113 g/mol. The highest BCUT2D eigenvalue weighted by Gasteiger charge is 1.26. The standard InChI is InChI=1S/H5NP2S/c2-1-3-4/h3H2,2H3. The average molecular weight is 113 g/mol. The van der Waals surface area contributed by atoms with Gasteiger partial charge in [0.15, 0.2) is 0 Å². The minimum absolute atomic E-state index is 0.00309. The third kappa shape index (κ3) is 2.88. The second-order valence-electron chi connectivity index (χ2n) is 0.288. The fourth-order valence-electron chi connectivity index (χ4n) is 0. The molecule has 26 valence electrons. The number of nitrogens with zero attached hydrogens (tertiary/aromatic N) is 1. The smallest absolute Gasteiger partial charge is 0.0319 e. The molecule has 1 nitrogen and oxygen atoms in total. The van der Waals surface area contributed by atoms with Gasteiger partial charge in [-0.05, 0) is 0 Å². The third-order valence-corrected chi connectivity index (χ3v) is 2.01. The zero-order valence-corrected chi connectivity index (χ0v) is 5.53. The van der Waals surface area contributed by atoms with Crippen molar-refractivity contribution in [2.45, 2.75) is 0 Å². The summed E-state index contributed by atoms with van der Waals surface area (Å²) in [5.74, 6) is 0. The highest BCUT2D eigenvalue weighted by molar-refractivity contribution is 7.96. The largest absolute Gasteiger partial charge is 0.286 e. The first kappa shape index (κ1) is 4.88. The Kier molecular flexibility index (Phi) is 4.73. The van der Waals surface area contributed by atoms with E-state index < -0.39 is 0 Å². The predicted octanol–water partition coefficient (Wildman–Crippen LogP) is 0.565. The summed E-state index contributed by atoms with van der Waals surface area (Å²) in [5, 5.41) is 0. The molecule has 0 heterocycles. The summed E-state index contributed by atoms with van der Waals surface area (Å²) in [4.78, 5) is 0. The van der Waals surface area contributed by atoms with Gasteiger partial charge in [0.2, 0.25) is 0 Å². The van der Waals surface area contributed by atoms with E-state index in [1.54, 1.807) is 9.03 Å². The molecule has 0 aliphatic carbocycles. The van der Waals surface area contributed by atoms with Crippen LogP contribution in [0.2, 0.25) is 0 Å². The Morgan fingerprint density at radius 1 is 2.00 bits per heavy atom. The molecule has 0 aromatic carbocycles. The van der Waals surface area contributed by atoms with Crippen LogP contribution in [0.25, 0.3) is 0 Å². The number of hydrogen-bond acceptors (Lipinski definition) is 1. The van der Waals surface area contributed by atoms with Gasteiger partial charge in [0, 0.05) is 7.51 Å². The Balaban J connectivity index is 2.73. The topological polar surface area (TPSA) is 12.4 Å². The van der Waals surface area contributed by atoms with E-state index in [0.717, 1.165) is 0 Å². The van der Waals surface area contributed by atoms with Crippen LogP contribution in [0.3, 0.4) is 0 Å². The Labute approximate surface area is 33.6 Å². The lowest BCUT2D eigenvalue weighted by Crippen LogP contribution is -0.913.